The number of rotatable bonds is 14. The maximum atomic E-state index is 6.38. The highest BCUT2D eigenvalue weighted by molar-refractivity contribution is 8.11. The molecule has 1 aromatic carbocycles. The van der Waals surface area contributed by atoms with E-state index in [-0.39, 0.29) is 0 Å². The lowest BCUT2D eigenvalue weighted by molar-refractivity contribution is 0.229. The quantitative estimate of drug-likeness (QED) is 0.308. The Labute approximate surface area is 208 Å². The summed E-state index contributed by atoms with van der Waals surface area (Å²) in [5.41, 5.74) is 2.23. The fourth-order valence-electron chi connectivity index (χ4n) is 3.62. The van der Waals surface area contributed by atoms with E-state index in [0.29, 0.717) is 19.8 Å². The van der Waals surface area contributed by atoms with Crippen LogP contribution < -0.4 is 9.47 Å². The van der Waals surface area contributed by atoms with E-state index in [1.807, 2.05) is 27.7 Å². The van der Waals surface area contributed by atoms with Crippen molar-refractivity contribution in [2.45, 2.75) is 40.2 Å². The van der Waals surface area contributed by atoms with Crippen LogP contribution in [0.5, 0.6) is 11.5 Å². The van der Waals surface area contributed by atoms with Crippen molar-refractivity contribution in [2.75, 3.05) is 34.0 Å². The molecule has 31 heavy (non-hydrogen) atoms. The number of ether oxygens (including phenoxy) is 2. The molecule has 14 heteroatoms. The van der Waals surface area contributed by atoms with Crippen molar-refractivity contribution in [1.29, 1.82) is 0 Å². The second kappa shape index (κ2) is 12.9. The van der Waals surface area contributed by atoms with Gasteiger partial charge in [-0.05, 0) is 51.3 Å². The second-order valence-corrected chi connectivity index (χ2v) is 55.9. The monoisotopic (exact) mass is 566 g/mol. The minimum atomic E-state index is -2.56. The Morgan fingerprint density at radius 2 is 1.45 bits per heavy atom. The van der Waals surface area contributed by atoms with Crippen LogP contribution in [0.4, 0.5) is 0 Å². The van der Waals surface area contributed by atoms with Crippen molar-refractivity contribution in [3.8, 4) is 11.5 Å². The first-order chi connectivity index (χ1) is 14.4. The van der Waals surface area contributed by atoms with Crippen molar-refractivity contribution in [2.24, 2.45) is 0 Å². The van der Waals surface area contributed by atoms with E-state index in [2.05, 4.69) is 60.9 Å². The molecule has 0 saturated carbocycles. The highest BCUT2D eigenvalue weighted by atomic mass is 30.4. The van der Waals surface area contributed by atoms with Gasteiger partial charge in [0.25, 0.3) is 0 Å². The normalized spacial score (nSPS) is 14.6. The van der Waals surface area contributed by atoms with E-state index in [0.717, 1.165) is 29.5 Å². The van der Waals surface area contributed by atoms with Gasteiger partial charge in [0.1, 0.15) is 13.5 Å². The molecule has 16 radical (unpaired) electrons. The molecular weight excluding hydrogens is 537 g/mol. The van der Waals surface area contributed by atoms with Crippen LogP contribution in [0.15, 0.2) is 12.1 Å². The molecule has 1 aromatic rings. The molecule has 0 aliphatic heterocycles. The first kappa shape index (κ1) is 29.7. The second-order valence-electron chi connectivity index (χ2n) is 7.07. The van der Waals surface area contributed by atoms with Crippen molar-refractivity contribution < 1.29 is 22.8 Å². The van der Waals surface area contributed by atoms with E-state index in [4.69, 9.17) is 22.8 Å². The summed E-state index contributed by atoms with van der Waals surface area (Å²) < 4.78 is 30.1. The summed E-state index contributed by atoms with van der Waals surface area (Å²) in [7, 11) is 22.2. The summed E-state index contributed by atoms with van der Waals surface area (Å²) in [6.07, 6.45) is -1.48. The standard InChI is InChI=1S/C17H30O5Si9/c1-7-20-28(21-8-2)29(31(25,26)27,30(23,24)22-9-3)11-10-15-12-14(4)17(19-6)16(13-15)18-5/h12-13H,7-11H2,1-6H3. The molecule has 0 bridgehead atoms. The molecular formula is C17H30O5Si9. The zero-order valence-electron chi connectivity index (χ0n) is 19.2. The fourth-order valence-corrected chi connectivity index (χ4v) is 97.8. The lowest BCUT2D eigenvalue weighted by atomic mass is 10.1. The molecule has 1 unspecified atom stereocenters. The Balaban J connectivity index is 3.55. The Hall–Kier alpha value is 0.652. The van der Waals surface area contributed by atoms with Crippen LogP contribution in [0.1, 0.15) is 31.9 Å². The number of hydrogen-bond donors (Lipinski definition) is 0. The van der Waals surface area contributed by atoms with Gasteiger partial charge in [0.2, 0.25) is 0 Å². The number of methoxy groups -OCH3 is 2. The lowest BCUT2D eigenvalue weighted by Crippen LogP contribution is -2.89. The molecule has 0 aliphatic carbocycles. The van der Waals surface area contributed by atoms with E-state index in [9.17, 15) is 0 Å². The summed E-state index contributed by atoms with van der Waals surface area (Å²) in [5.74, 6) is 1.51. The summed E-state index contributed by atoms with van der Waals surface area (Å²) in [5, 5.41) is 0. The van der Waals surface area contributed by atoms with E-state index < -0.39 is 28.4 Å². The largest absolute Gasteiger partial charge is 0.493 e. The zero-order chi connectivity index (χ0) is 23.9. The third-order valence-electron chi connectivity index (χ3n) is 5.01. The van der Waals surface area contributed by atoms with Gasteiger partial charge in [-0.25, -0.2) is 0 Å². The molecule has 0 N–H and O–H groups in total. The molecule has 1 atom stereocenters. The van der Waals surface area contributed by atoms with Crippen molar-refractivity contribution in [3.05, 3.63) is 23.3 Å². The summed E-state index contributed by atoms with van der Waals surface area (Å²) >= 11 is 0. The molecule has 0 amide bonds. The third-order valence-corrected chi connectivity index (χ3v) is 83.4. The van der Waals surface area contributed by atoms with Gasteiger partial charge in [0.05, 0.1) is 14.2 Å². The van der Waals surface area contributed by atoms with Gasteiger partial charge in [-0.1, -0.05) is 12.1 Å². The van der Waals surface area contributed by atoms with Crippen LogP contribution in [0, 0.1) is 6.92 Å². The zero-order valence-corrected chi connectivity index (χ0v) is 28.2. The first-order valence-electron chi connectivity index (χ1n) is 10.2. The van der Waals surface area contributed by atoms with Gasteiger partial charge >= 0.3 is 8.80 Å². The van der Waals surface area contributed by atoms with Crippen LogP contribution in [-0.2, 0) is 19.7 Å². The van der Waals surface area contributed by atoms with Crippen molar-refractivity contribution in [3.63, 3.8) is 0 Å². The van der Waals surface area contributed by atoms with Crippen LogP contribution >= 0.6 is 0 Å². The molecule has 0 aliphatic rings. The van der Waals surface area contributed by atoms with Crippen LogP contribution in [0.3, 0.4) is 0 Å². The van der Waals surface area contributed by atoms with Gasteiger partial charge in [-0.15, -0.1) is 0 Å². The predicted octanol–water partition coefficient (Wildman–Crippen LogP) is 0.557. The molecule has 1 rings (SSSR count). The van der Waals surface area contributed by atoms with Gasteiger partial charge in [-0.3, -0.25) is 0 Å². The predicted molar refractivity (Wildman–Crippen MR) is 139 cm³/mol. The van der Waals surface area contributed by atoms with E-state index in [1.165, 1.54) is 5.56 Å². The summed E-state index contributed by atoms with van der Waals surface area (Å²) in [6, 6.07) is 5.12. The van der Waals surface area contributed by atoms with E-state index >= 15 is 0 Å². The minimum absolute atomic E-state index is 0.600. The first-order valence-corrected chi connectivity index (χ1v) is 28.1. The van der Waals surface area contributed by atoms with Crippen molar-refractivity contribution >= 4 is 77.2 Å². The van der Waals surface area contributed by atoms with Crippen LogP contribution in [0.25, 0.3) is 0 Å². The maximum Gasteiger partial charge on any atom is 0.354 e. The molecule has 0 saturated heterocycles. The van der Waals surface area contributed by atoms with Crippen LogP contribution in [-0.4, -0.2) is 111 Å². The molecule has 0 fully saturated rings. The third kappa shape index (κ3) is 6.84. The van der Waals surface area contributed by atoms with Crippen LogP contribution in [0.2, 0.25) is 6.04 Å². The topological polar surface area (TPSA) is 46.2 Å². The maximum absolute atomic E-state index is 6.38. The number of benzene rings is 1. The average Bonchev–Trinajstić information content (AvgIpc) is 2.66. The Bertz CT molecular complexity index is 695. The smallest absolute Gasteiger partial charge is 0.354 e. The van der Waals surface area contributed by atoms with Gasteiger partial charge in [0.15, 0.2) is 11.5 Å². The lowest BCUT2D eigenvalue weighted by Gasteiger charge is -2.52. The molecule has 0 aromatic heterocycles. The van der Waals surface area contributed by atoms with Gasteiger partial charge in [0, 0.05) is 74.8 Å². The Morgan fingerprint density at radius 1 is 0.871 bits per heavy atom. The molecule has 0 heterocycles. The van der Waals surface area contributed by atoms with E-state index in [1.54, 1.807) is 14.2 Å². The van der Waals surface area contributed by atoms with Gasteiger partial charge < -0.3 is 22.8 Å². The summed E-state index contributed by atoms with van der Waals surface area (Å²) in [4.78, 5) is 0. The number of hydrogen-bond acceptors (Lipinski definition) is 5. The summed E-state index contributed by atoms with van der Waals surface area (Å²) in [6.45, 7) is 4.88. The fraction of sp³-hybridized carbons (Fsp3) is 0.647. The SMILES string of the molecule is CCO[Si](OCC)[Si](CCc1cc(C)c(OC)c(OC)c1)([Si]([Si])([Si])[Si])[Si]([Si])([Si])OCC. The highest BCUT2D eigenvalue weighted by Gasteiger charge is 2.65. The molecule has 164 valence electrons. The Kier molecular flexibility index (Phi) is 12.4. The minimum Gasteiger partial charge on any atom is -0.493 e. The average molecular weight is 567 g/mol. The Morgan fingerprint density at radius 3 is 1.87 bits per heavy atom. The number of aryl methyl sites for hydroxylation is 2. The van der Waals surface area contributed by atoms with Crippen molar-refractivity contribution in [1.82, 2.24) is 0 Å². The highest BCUT2D eigenvalue weighted by Crippen LogP contribution is 2.35. The van der Waals surface area contributed by atoms with Gasteiger partial charge in [-0.2, -0.15) is 0 Å². The molecule has 0 spiro atoms. The molecule has 5 nitrogen and oxygen atoms in total.